The van der Waals surface area contributed by atoms with E-state index in [2.05, 4.69) is 10.4 Å². The number of hydrogen-bond acceptors (Lipinski definition) is 3. The van der Waals surface area contributed by atoms with Crippen LogP contribution in [0.1, 0.15) is 58.1 Å². The van der Waals surface area contributed by atoms with Crippen LogP contribution in [0.4, 0.5) is 13.2 Å². The number of rotatable bonds is 9. The van der Waals surface area contributed by atoms with Crippen LogP contribution in [0.25, 0.3) is 0 Å². The molecular weight excluding hydrogens is 467 g/mol. The van der Waals surface area contributed by atoms with E-state index >= 15 is 0 Å². The van der Waals surface area contributed by atoms with Crippen molar-refractivity contribution in [1.82, 2.24) is 15.1 Å². The molecule has 0 bridgehead atoms. The average molecular weight is 492 g/mol. The lowest BCUT2D eigenvalue weighted by Gasteiger charge is -2.11. The van der Waals surface area contributed by atoms with Gasteiger partial charge in [-0.15, -0.1) is 0 Å². The minimum Gasteiger partial charge on any atom is -0.487 e. The van der Waals surface area contributed by atoms with Crippen LogP contribution in [0, 0.1) is 6.92 Å². The summed E-state index contributed by atoms with van der Waals surface area (Å²) in [6.07, 6.45) is -2.21. The molecule has 0 aliphatic heterocycles. The maximum atomic E-state index is 13.0. The average Bonchev–Trinajstić information content (AvgIpc) is 3.55. The summed E-state index contributed by atoms with van der Waals surface area (Å²) in [5.74, 6) is 0.474. The fourth-order valence-electron chi connectivity index (χ4n) is 3.67. The van der Waals surface area contributed by atoms with Crippen LogP contribution in [0.2, 0.25) is 5.02 Å². The molecule has 1 N–H and O–H groups in total. The smallest absolute Gasteiger partial charge is 0.435 e. The summed E-state index contributed by atoms with van der Waals surface area (Å²) in [4.78, 5) is 12.6. The van der Waals surface area contributed by atoms with E-state index in [4.69, 9.17) is 16.3 Å². The third kappa shape index (κ3) is 6.11. The van der Waals surface area contributed by atoms with Crippen molar-refractivity contribution in [1.29, 1.82) is 0 Å². The Kier molecular flexibility index (Phi) is 7.16. The van der Waals surface area contributed by atoms with Gasteiger partial charge in [0.15, 0.2) is 5.69 Å². The molecule has 1 aliphatic rings. The Hall–Kier alpha value is -3.00. The van der Waals surface area contributed by atoms with Gasteiger partial charge in [-0.25, -0.2) is 0 Å². The zero-order valence-electron chi connectivity index (χ0n) is 18.7. The predicted octanol–water partition coefficient (Wildman–Crippen LogP) is 6.14. The molecule has 1 aliphatic carbocycles. The minimum atomic E-state index is -4.46. The molecule has 180 valence electrons. The monoisotopic (exact) mass is 491 g/mol. The molecule has 1 fully saturated rings. The molecule has 1 saturated carbocycles. The summed E-state index contributed by atoms with van der Waals surface area (Å²) in [5.41, 5.74) is 2.09. The van der Waals surface area contributed by atoms with Gasteiger partial charge in [0.25, 0.3) is 5.91 Å². The fourth-order valence-corrected chi connectivity index (χ4v) is 3.85. The van der Waals surface area contributed by atoms with Crippen molar-refractivity contribution in [3.05, 3.63) is 81.6 Å². The van der Waals surface area contributed by atoms with Crippen molar-refractivity contribution in [2.75, 3.05) is 6.54 Å². The molecule has 4 rings (SSSR count). The highest BCUT2D eigenvalue weighted by Crippen LogP contribution is 2.42. The normalized spacial score (nSPS) is 13.7. The Labute approximate surface area is 200 Å². The molecule has 1 aromatic heterocycles. The second-order valence-corrected chi connectivity index (χ2v) is 8.89. The lowest BCUT2D eigenvalue weighted by Crippen LogP contribution is -2.25. The molecule has 2 aromatic carbocycles. The first-order valence-electron chi connectivity index (χ1n) is 11.1. The molecule has 34 heavy (non-hydrogen) atoms. The number of aromatic nitrogens is 2. The van der Waals surface area contributed by atoms with Gasteiger partial charge in [-0.1, -0.05) is 29.8 Å². The zero-order valence-corrected chi connectivity index (χ0v) is 19.4. The molecule has 0 radical (unpaired) electrons. The summed E-state index contributed by atoms with van der Waals surface area (Å²) in [7, 11) is 0. The second-order valence-electron chi connectivity index (χ2n) is 8.48. The van der Waals surface area contributed by atoms with E-state index in [1.807, 2.05) is 25.1 Å². The summed E-state index contributed by atoms with van der Waals surface area (Å²) in [5, 5.41) is 7.08. The van der Waals surface area contributed by atoms with Crippen LogP contribution < -0.4 is 10.1 Å². The maximum Gasteiger partial charge on any atom is 0.435 e. The topological polar surface area (TPSA) is 56.1 Å². The van der Waals surface area contributed by atoms with Crippen LogP contribution in [0.5, 0.6) is 5.75 Å². The van der Waals surface area contributed by atoms with Crippen molar-refractivity contribution in [3.8, 4) is 5.75 Å². The Bertz CT molecular complexity index is 1170. The number of halogens is 4. The highest BCUT2D eigenvalue weighted by Gasteiger charge is 2.37. The molecule has 0 spiro atoms. The van der Waals surface area contributed by atoms with Crippen molar-refractivity contribution >= 4 is 17.5 Å². The Morgan fingerprint density at radius 2 is 2.00 bits per heavy atom. The number of alkyl halides is 3. The van der Waals surface area contributed by atoms with Crippen LogP contribution in [0.3, 0.4) is 0 Å². The van der Waals surface area contributed by atoms with Gasteiger partial charge < -0.3 is 10.1 Å². The fraction of sp³-hybridized carbons (Fsp3) is 0.360. The SMILES string of the molecule is Cc1ccc(Cl)c(OCc2cccc(C(=O)NCCCn3nc(C(F)(F)F)cc3C3CC3)c2)c1. The maximum absolute atomic E-state index is 13.0. The van der Waals surface area contributed by atoms with Crippen molar-refractivity contribution < 1.29 is 22.7 Å². The van der Waals surface area contributed by atoms with Gasteiger partial charge in [0.2, 0.25) is 0 Å². The molecule has 1 heterocycles. The van der Waals surface area contributed by atoms with Crippen LogP contribution in [-0.4, -0.2) is 22.2 Å². The number of carbonyl (C=O) groups excluding carboxylic acids is 1. The molecule has 0 unspecified atom stereocenters. The summed E-state index contributed by atoms with van der Waals surface area (Å²) < 4.78 is 46.3. The van der Waals surface area contributed by atoms with E-state index in [1.165, 1.54) is 4.68 Å². The third-order valence-corrected chi connectivity index (χ3v) is 5.91. The van der Waals surface area contributed by atoms with Crippen molar-refractivity contribution in [2.45, 2.75) is 51.4 Å². The minimum absolute atomic E-state index is 0.151. The number of nitrogens with zero attached hydrogens (tertiary/aromatic N) is 2. The number of benzene rings is 2. The molecule has 5 nitrogen and oxygen atoms in total. The largest absolute Gasteiger partial charge is 0.487 e. The van der Waals surface area contributed by atoms with Crippen molar-refractivity contribution in [2.24, 2.45) is 0 Å². The van der Waals surface area contributed by atoms with Crippen molar-refractivity contribution in [3.63, 3.8) is 0 Å². The van der Waals surface area contributed by atoms with Crippen LogP contribution >= 0.6 is 11.6 Å². The summed E-state index contributed by atoms with van der Waals surface area (Å²) in [6, 6.07) is 13.7. The number of carbonyl (C=O) groups is 1. The number of aryl methyl sites for hydroxylation is 2. The van der Waals surface area contributed by atoms with Gasteiger partial charge in [-0.3, -0.25) is 9.48 Å². The Morgan fingerprint density at radius 3 is 2.74 bits per heavy atom. The lowest BCUT2D eigenvalue weighted by molar-refractivity contribution is -0.141. The van der Waals surface area contributed by atoms with Gasteiger partial charge in [0.1, 0.15) is 12.4 Å². The second kappa shape index (κ2) is 10.1. The molecular formula is C25H25ClF3N3O2. The number of amides is 1. The first-order valence-corrected chi connectivity index (χ1v) is 11.5. The van der Waals surface area contributed by atoms with Gasteiger partial charge in [0, 0.05) is 30.3 Å². The standard InChI is InChI=1S/C25H25ClF3N3O2/c1-16-6-9-20(26)22(12-16)34-15-17-4-2-5-19(13-17)24(33)30-10-3-11-32-21(18-7-8-18)14-23(31-32)25(27,28)29/h2,4-6,9,12-14,18H,3,7-8,10-11,15H2,1H3,(H,30,33). The summed E-state index contributed by atoms with van der Waals surface area (Å²) in [6.45, 7) is 2.84. The van der Waals surface area contributed by atoms with Gasteiger partial charge >= 0.3 is 6.18 Å². The molecule has 9 heteroatoms. The molecule has 1 amide bonds. The van der Waals surface area contributed by atoms with E-state index in [1.54, 1.807) is 24.3 Å². The molecule has 3 aromatic rings. The van der Waals surface area contributed by atoms with Gasteiger partial charge in [-0.2, -0.15) is 18.3 Å². The lowest BCUT2D eigenvalue weighted by atomic mass is 10.1. The first-order chi connectivity index (χ1) is 16.2. The third-order valence-electron chi connectivity index (χ3n) is 5.60. The highest BCUT2D eigenvalue weighted by atomic mass is 35.5. The molecule has 0 saturated heterocycles. The van der Waals surface area contributed by atoms with Crippen LogP contribution in [0.15, 0.2) is 48.5 Å². The number of hydrogen-bond donors (Lipinski definition) is 1. The van der Waals surface area contributed by atoms with E-state index < -0.39 is 11.9 Å². The quantitative estimate of drug-likeness (QED) is 0.366. The Morgan fingerprint density at radius 1 is 1.21 bits per heavy atom. The zero-order chi connectivity index (χ0) is 24.3. The van der Waals surface area contributed by atoms with E-state index in [9.17, 15) is 18.0 Å². The van der Waals surface area contributed by atoms with Crippen LogP contribution in [-0.2, 0) is 19.3 Å². The molecule has 0 atom stereocenters. The first kappa shape index (κ1) is 24.1. The summed E-state index contributed by atoms with van der Waals surface area (Å²) >= 11 is 6.16. The van der Waals surface area contributed by atoms with Gasteiger partial charge in [0.05, 0.1) is 5.02 Å². The van der Waals surface area contributed by atoms with Gasteiger partial charge in [-0.05, 0) is 67.6 Å². The van der Waals surface area contributed by atoms with E-state index in [0.717, 1.165) is 30.0 Å². The number of nitrogens with one attached hydrogen (secondary N) is 1. The Balaban J connectivity index is 1.29. The predicted molar refractivity (Wildman–Crippen MR) is 123 cm³/mol. The highest BCUT2D eigenvalue weighted by molar-refractivity contribution is 6.32. The van der Waals surface area contributed by atoms with E-state index in [0.29, 0.717) is 41.5 Å². The number of ether oxygens (including phenoxy) is 1. The van der Waals surface area contributed by atoms with E-state index in [-0.39, 0.29) is 18.4 Å².